The number of nitrogens with one attached hydrogen (secondary N) is 2. The molecule has 0 aliphatic carbocycles. The fraction of sp³-hybridized carbons (Fsp3) is 0.208. The smallest absolute Gasteiger partial charge is 0.313 e. The summed E-state index contributed by atoms with van der Waals surface area (Å²) in [6, 6.07) is 20.3. The van der Waals surface area contributed by atoms with Crippen LogP contribution < -0.4 is 10.6 Å². The molecule has 3 aromatic rings. The summed E-state index contributed by atoms with van der Waals surface area (Å²) >= 11 is 0. The second-order valence-electron chi connectivity index (χ2n) is 7.34. The van der Waals surface area contributed by atoms with E-state index in [0.717, 1.165) is 25.3 Å². The van der Waals surface area contributed by atoms with Crippen molar-refractivity contribution in [3.8, 4) is 6.07 Å². The number of hydrogen-bond donors (Lipinski definition) is 2. The number of rotatable bonds is 5. The Morgan fingerprint density at radius 3 is 2.58 bits per heavy atom. The Labute approximate surface area is 180 Å². The summed E-state index contributed by atoms with van der Waals surface area (Å²) < 4.78 is 5.63. The van der Waals surface area contributed by atoms with Crippen LogP contribution in [0.4, 0.5) is 5.69 Å². The van der Waals surface area contributed by atoms with Crippen molar-refractivity contribution in [2.45, 2.75) is 19.0 Å². The zero-order valence-electron chi connectivity index (χ0n) is 16.9. The van der Waals surface area contributed by atoms with Crippen molar-refractivity contribution < 1.29 is 14.0 Å². The standard InChI is InChI=1S/C24H22N4O3/c25-14-18-7-3-4-9-20(18)27-24(30)23(29)26-15-21(22-10-5-13-31-22)28-12-11-17-6-1-2-8-19(17)16-28/h1-10,13,21H,11-12,15-16H2,(H,26,29)(H,27,30)/t21-/m0/s1. The Morgan fingerprint density at radius 1 is 1.03 bits per heavy atom. The number of nitriles is 1. The average molecular weight is 414 g/mol. The molecular weight excluding hydrogens is 392 g/mol. The molecule has 0 spiro atoms. The maximum absolute atomic E-state index is 12.4. The number of nitrogens with zero attached hydrogens (tertiary/aromatic N) is 2. The predicted octanol–water partition coefficient (Wildman–Crippen LogP) is 3.01. The van der Waals surface area contributed by atoms with Gasteiger partial charge in [0.1, 0.15) is 11.8 Å². The van der Waals surface area contributed by atoms with E-state index in [1.54, 1.807) is 30.5 Å². The molecule has 0 saturated heterocycles. The predicted molar refractivity (Wildman–Crippen MR) is 115 cm³/mol. The van der Waals surface area contributed by atoms with E-state index in [9.17, 15) is 9.59 Å². The van der Waals surface area contributed by atoms with Crippen LogP contribution in [0.3, 0.4) is 0 Å². The molecule has 1 aliphatic heterocycles. The summed E-state index contributed by atoms with van der Waals surface area (Å²) in [6.07, 6.45) is 2.51. The Kier molecular flexibility index (Phi) is 6.11. The largest absolute Gasteiger partial charge is 0.468 e. The Balaban J connectivity index is 1.43. The van der Waals surface area contributed by atoms with Crippen molar-refractivity contribution in [1.29, 1.82) is 5.26 Å². The second kappa shape index (κ2) is 9.28. The summed E-state index contributed by atoms with van der Waals surface area (Å²) in [4.78, 5) is 27.0. The lowest BCUT2D eigenvalue weighted by atomic mass is 9.98. The van der Waals surface area contributed by atoms with Crippen LogP contribution in [0.5, 0.6) is 0 Å². The molecule has 2 aromatic carbocycles. The molecule has 7 heteroatoms. The van der Waals surface area contributed by atoms with Gasteiger partial charge in [-0.2, -0.15) is 5.26 Å². The number of fused-ring (bicyclic) bond motifs is 1. The van der Waals surface area contributed by atoms with Crippen LogP contribution in [-0.4, -0.2) is 29.8 Å². The molecule has 0 saturated carbocycles. The van der Waals surface area contributed by atoms with Gasteiger partial charge in [0.15, 0.2) is 0 Å². The lowest BCUT2D eigenvalue weighted by molar-refractivity contribution is -0.136. The van der Waals surface area contributed by atoms with Crippen molar-refractivity contribution in [1.82, 2.24) is 10.2 Å². The second-order valence-corrected chi connectivity index (χ2v) is 7.34. The highest BCUT2D eigenvalue weighted by molar-refractivity contribution is 6.39. The fourth-order valence-electron chi connectivity index (χ4n) is 3.81. The molecule has 31 heavy (non-hydrogen) atoms. The van der Waals surface area contributed by atoms with Gasteiger partial charge in [-0.25, -0.2) is 0 Å². The van der Waals surface area contributed by atoms with Gasteiger partial charge in [-0.3, -0.25) is 14.5 Å². The first-order valence-corrected chi connectivity index (χ1v) is 10.1. The first-order valence-electron chi connectivity index (χ1n) is 10.1. The number of hydrogen-bond acceptors (Lipinski definition) is 5. The van der Waals surface area contributed by atoms with Crippen LogP contribution in [0.2, 0.25) is 0 Å². The number of para-hydroxylation sites is 1. The van der Waals surface area contributed by atoms with Crippen LogP contribution in [0.1, 0.15) is 28.5 Å². The molecular formula is C24H22N4O3. The molecule has 0 fully saturated rings. The molecule has 0 unspecified atom stereocenters. The zero-order chi connectivity index (χ0) is 21.6. The molecule has 7 nitrogen and oxygen atoms in total. The molecule has 2 amide bonds. The first kappa shape index (κ1) is 20.4. The number of carbonyl (C=O) groups excluding carboxylic acids is 2. The third kappa shape index (κ3) is 4.65. The van der Waals surface area contributed by atoms with Crippen LogP contribution >= 0.6 is 0 Å². The lowest BCUT2D eigenvalue weighted by Gasteiger charge is -2.34. The number of furan rings is 1. The monoisotopic (exact) mass is 414 g/mol. The topological polar surface area (TPSA) is 98.4 Å². The van der Waals surface area contributed by atoms with Crippen LogP contribution in [0.15, 0.2) is 71.3 Å². The Hall–Kier alpha value is -3.89. The Morgan fingerprint density at radius 2 is 1.81 bits per heavy atom. The van der Waals surface area contributed by atoms with E-state index in [1.165, 1.54) is 11.1 Å². The fourth-order valence-corrected chi connectivity index (χ4v) is 3.81. The van der Waals surface area contributed by atoms with E-state index in [-0.39, 0.29) is 12.6 Å². The van der Waals surface area contributed by atoms with Gasteiger partial charge in [0.2, 0.25) is 0 Å². The number of benzene rings is 2. The van der Waals surface area contributed by atoms with E-state index in [4.69, 9.17) is 9.68 Å². The minimum Gasteiger partial charge on any atom is -0.468 e. The van der Waals surface area contributed by atoms with Gasteiger partial charge in [0, 0.05) is 19.6 Å². The number of anilines is 1. The Bertz CT molecular complexity index is 1120. The summed E-state index contributed by atoms with van der Waals surface area (Å²) in [5, 5.41) is 14.4. The van der Waals surface area contributed by atoms with Gasteiger partial charge in [0.25, 0.3) is 0 Å². The van der Waals surface area contributed by atoms with Crippen LogP contribution in [0.25, 0.3) is 0 Å². The van der Waals surface area contributed by atoms with E-state index < -0.39 is 11.8 Å². The van der Waals surface area contributed by atoms with Crippen LogP contribution in [0, 0.1) is 11.3 Å². The molecule has 0 radical (unpaired) electrons. The molecule has 2 heterocycles. The van der Waals surface area contributed by atoms with Crippen molar-refractivity contribution in [3.05, 3.63) is 89.4 Å². The molecule has 1 aliphatic rings. The van der Waals surface area contributed by atoms with Gasteiger partial charge in [-0.05, 0) is 41.8 Å². The number of amides is 2. The number of carbonyl (C=O) groups is 2. The van der Waals surface area contributed by atoms with Crippen LogP contribution in [-0.2, 0) is 22.6 Å². The summed E-state index contributed by atoms with van der Waals surface area (Å²) in [7, 11) is 0. The van der Waals surface area contributed by atoms with Gasteiger partial charge in [0.05, 0.1) is 23.6 Å². The third-order valence-electron chi connectivity index (χ3n) is 5.43. The van der Waals surface area contributed by atoms with Gasteiger partial charge < -0.3 is 15.1 Å². The molecule has 4 rings (SSSR count). The SMILES string of the molecule is N#Cc1ccccc1NC(=O)C(=O)NC[C@@H](c1ccco1)N1CCc2ccccc2C1. The zero-order valence-corrected chi connectivity index (χ0v) is 16.9. The quantitative estimate of drug-likeness (QED) is 0.626. The molecule has 156 valence electrons. The van der Waals surface area contributed by atoms with Crippen molar-refractivity contribution in [3.63, 3.8) is 0 Å². The first-order chi connectivity index (χ1) is 15.2. The molecule has 1 aromatic heterocycles. The van der Waals surface area contributed by atoms with Gasteiger partial charge in [-0.15, -0.1) is 0 Å². The molecule has 1 atom stereocenters. The lowest BCUT2D eigenvalue weighted by Crippen LogP contribution is -2.43. The van der Waals surface area contributed by atoms with Gasteiger partial charge >= 0.3 is 11.8 Å². The minimum absolute atomic E-state index is 0.202. The molecule has 0 bridgehead atoms. The van der Waals surface area contributed by atoms with Crippen molar-refractivity contribution in [2.24, 2.45) is 0 Å². The van der Waals surface area contributed by atoms with E-state index >= 15 is 0 Å². The van der Waals surface area contributed by atoms with E-state index in [2.05, 4.69) is 27.7 Å². The highest BCUT2D eigenvalue weighted by Gasteiger charge is 2.28. The average Bonchev–Trinajstić information content (AvgIpc) is 3.34. The molecule has 2 N–H and O–H groups in total. The normalized spacial score (nSPS) is 14.2. The summed E-state index contributed by atoms with van der Waals surface area (Å²) in [5.74, 6) is -0.846. The highest BCUT2D eigenvalue weighted by atomic mass is 16.3. The minimum atomic E-state index is -0.815. The van der Waals surface area contributed by atoms with Crippen molar-refractivity contribution in [2.75, 3.05) is 18.4 Å². The summed E-state index contributed by atoms with van der Waals surface area (Å²) in [6.45, 7) is 1.78. The maximum Gasteiger partial charge on any atom is 0.313 e. The summed E-state index contributed by atoms with van der Waals surface area (Å²) in [5.41, 5.74) is 3.18. The highest BCUT2D eigenvalue weighted by Crippen LogP contribution is 2.27. The third-order valence-corrected chi connectivity index (χ3v) is 5.43. The maximum atomic E-state index is 12.4. The van der Waals surface area contributed by atoms with Crippen molar-refractivity contribution >= 4 is 17.5 Å². The van der Waals surface area contributed by atoms with E-state index in [1.807, 2.05) is 30.3 Å². The van der Waals surface area contributed by atoms with Gasteiger partial charge in [-0.1, -0.05) is 36.4 Å². The van der Waals surface area contributed by atoms with E-state index in [0.29, 0.717) is 11.3 Å².